The van der Waals surface area contributed by atoms with Crippen LogP contribution in [0.1, 0.15) is 33.4 Å². The number of hydrogen-bond donors (Lipinski definition) is 2. The van der Waals surface area contributed by atoms with Gasteiger partial charge in [0.1, 0.15) is 5.82 Å². The van der Waals surface area contributed by atoms with Gasteiger partial charge in [0.25, 0.3) is 0 Å². The first-order valence-corrected chi connectivity index (χ1v) is 7.18. The first kappa shape index (κ1) is 16.0. The second-order valence-electron chi connectivity index (χ2n) is 6.33. The molecule has 1 aliphatic rings. The minimum atomic E-state index is -0.384. The van der Waals surface area contributed by atoms with Crippen LogP contribution < -0.4 is 11.1 Å². The highest BCUT2D eigenvalue weighted by atomic mass is 16.7. The third-order valence-electron chi connectivity index (χ3n) is 4.06. The summed E-state index contributed by atoms with van der Waals surface area (Å²) in [5.41, 5.74) is 6.82. The van der Waals surface area contributed by atoms with E-state index in [0.29, 0.717) is 12.4 Å². The van der Waals surface area contributed by atoms with Crippen molar-refractivity contribution in [2.45, 2.75) is 38.9 Å². The Bertz CT molecular complexity index is 527. The van der Waals surface area contributed by atoms with Crippen molar-refractivity contribution in [3.8, 4) is 0 Å². The highest BCUT2D eigenvalue weighted by Gasteiger charge is 2.52. The number of likely N-dealkylation sites (N-methyl/N-ethyl adjacent to an activating group) is 1. The van der Waals surface area contributed by atoms with Crippen LogP contribution in [0.4, 0.5) is 5.82 Å². The Morgan fingerprint density at radius 1 is 1.29 bits per heavy atom. The van der Waals surface area contributed by atoms with Crippen LogP contribution >= 0.6 is 0 Å². The topological polar surface area (TPSA) is 69.4 Å². The van der Waals surface area contributed by atoms with Crippen LogP contribution in [0.3, 0.4) is 0 Å². The summed E-state index contributed by atoms with van der Waals surface area (Å²) in [6.07, 6.45) is 1.97. The van der Waals surface area contributed by atoms with Gasteiger partial charge in [0.05, 0.1) is 16.9 Å². The quantitative estimate of drug-likeness (QED) is 0.828. The number of nitrogen functional groups attached to an aromatic ring is 1. The third-order valence-corrected chi connectivity index (χ3v) is 4.06. The summed E-state index contributed by atoms with van der Waals surface area (Å²) >= 11 is 0. The minimum Gasteiger partial charge on any atom is -0.400 e. The summed E-state index contributed by atoms with van der Waals surface area (Å²) in [4.78, 5) is 4.30. The summed E-state index contributed by atoms with van der Waals surface area (Å²) in [6.45, 7) is 8.84. The van der Waals surface area contributed by atoms with Gasteiger partial charge in [-0.1, -0.05) is 6.07 Å². The molecule has 2 heterocycles. The lowest BCUT2D eigenvalue weighted by molar-refractivity contribution is 0.00578. The van der Waals surface area contributed by atoms with Crippen molar-refractivity contribution in [3.05, 3.63) is 29.4 Å². The van der Waals surface area contributed by atoms with Gasteiger partial charge in [-0.05, 0) is 58.4 Å². The first-order valence-electron chi connectivity index (χ1n) is 7.18. The van der Waals surface area contributed by atoms with E-state index < -0.39 is 0 Å². The zero-order valence-corrected chi connectivity index (χ0v) is 13.4. The number of nitrogens with zero attached hydrogens (tertiary/aromatic N) is 1. The lowest BCUT2D eigenvalue weighted by atomic mass is 9.77. The lowest BCUT2D eigenvalue weighted by Gasteiger charge is -2.32. The molecule has 0 aliphatic carbocycles. The molecule has 3 N–H and O–H groups in total. The van der Waals surface area contributed by atoms with E-state index in [0.717, 1.165) is 11.2 Å². The monoisotopic (exact) mass is 289 g/mol. The molecule has 1 aromatic rings. The smallest absolute Gasteiger partial charge is 0.400 e. The average Bonchev–Trinajstić information content (AvgIpc) is 2.58. The predicted molar refractivity (Wildman–Crippen MR) is 86.6 cm³/mol. The Hall–Kier alpha value is -1.37. The molecule has 0 saturated carbocycles. The molecule has 1 saturated heterocycles. The molecule has 21 heavy (non-hydrogen) atoms. The molecule has 1 aromatic heterocycles. The van der Waals surface area contributed by atoms with E-state index in [1.54, 1.807) is 6.07 Å². The van der Waals surface area contributed by atoms with Gasteiger partial charge in [-0.2, -0.15) is 0 Å². The third kappa shape index (κ3) is 3.45. The molecule has 0 spiro atoms. The van der Waals surface area contributed by atoms with Crippen molar-refractivity contribution in [1.29, 1.82) is 0 Å². The summed E-state index contributed by atoms with van der Waals surface area (Å²) in [7, 11) is 1.51. The summed E-state index contributed by atoms with van der Waals surface area (Å²) < 4.78 is 12.2. The van der Waals surface area contributed by atoms with Gasteiger partial charge < -0.3 is 20.4 Å². The fourth-order valence-corrected chi connectivity index (χ4v) is 2.14. The van der Waals surface area contributed by atoms with Crippen molar-refractivity contribution in [1.82, 2.24) is 10.3 Å². The standard InChI is InChI=1S/C15H24BN3O2/c1-14(2)15(3,4)21-16(20-14)11(10-18-5)9-12-7-6-8-13(17)19-12/h6-9,18H,10H2,1-5H3,(H2,17,19). The van der Waals surface area contributed by atoms with Gasteiger partial charge in [0, 0.05) is 6.54 Å². The SMILES string of the molecule is CNCC(=Cc1cccc(N)n1)B1OC(C)(C)C(C)(C)O1. The highest BCUT2D eigenvalue weighted by molar-refractivity contribution is 6.55. The van der Waals surface area contributed by atoms with Crippen molar-refractivity contribution in [3.63, 3.8) is 0 Å². The van der Waals surface area contributed by atoms with E-state index >= 15 is 0 Å². The largest absolute Gasteiger partial charge is 0.491 e. The molecular formula is C15H24BN3O2. The van der Waals surface area contributed by atoms with Gasteiger partial charge >= 0.3 is 7.12 Å². The Kier molecular flexibility index (Phi) is 4.42. The lowest BCUT2D eigenvalue weighted by Crippen LogP contribution is -2.41. The molecule has 0 bridgehead atoms. The number of rotatable bonds is 4. The van der Waals surface area contributed by atoms with Crippen LogP contribution in [-0.4, -0.2) is 36.9 Å². The minimum absolute atomic E-state index is 0.354. The molecule has 2 rings (SSSR count). The van der Waals surface area contributed by atoms with E-state index in [1.165, 1.54) is 0 Å². The molecule has 0 amide bonds. The maximum Gasteiger partial charge on any atom is 0.491 e. The van der Waals surface area contributed by atoms with Crippen molar-refractivity contribution < 1.29 is 9.31 Å². The molecule has 0 radical (unpaired) electrons. The van der Waals surface area contributed by atoms with Gasteiger partial charge in [-0.3, -0.25) is 0 Å². The van der Waals surface area contributed by atoms with Crippen molar-refractivity contribution in [2.24, 2.45) is 0 Å². The number of hydrogen-bond acceptors (Lipinski definition) is 5. The zero-order valence-electron chi connectivity index (χ0n) is 13.4. The molecule has 0 aromatic carbocycles. The summed E-state index contributed by atoms with van der Waals surface area (Å²) in [6, 6.07) is 5.57. The molecule has 5 nitrogen and oxygen atoms in total. The first-order chi connectivity index (χ1) is 9.75. The Labute approximate surface area is 127 Å². The number of pyridine rings is 1. The predicted octanol–water partition coefficient (Wildman–Crippen LogP) is 1.90. The fourth-order valence-electron chi connectivity index (χ4n) is 2.14. The van der Waals surface area contributed by atoms with Crippen molar-refractivity contribution in [2.75, 3.05) is 19.3 Å². The van der Waals surface area contributed by atoms with Crippen LogP contribution in [0.25, 0.3) is 6.08 Å². The highest BCUT2D eigenvalue weighted by Crippen LogP contribution is 2.38. The van der Waals surface area contributed by atoms with Crippen LogP contribution in [0, 0.1) is 0 Å². The molecule has 114 valence electrons. The van der Waals surface area contributed by atoms with Crippen LogP contribution in [-0.2, 0) is 9.31 Å². The second kappa shape index (κ2) is 5.79. The second-order valence-corrected chi connectivity index (χ2v) is 6.33. The summed E-state index contributed by atoms with van der Waals surface area (Å²) in [5, 5.41) is 3.15. The van der Waals surface area contributed by atoms with Gasteiger partial charge in [-0.15, -0.1) is 0 Å². The molecule has 1 fully saturated rings. The molecule has 6 heteroatoms. The normalized spacial score (nSPS) is 20.8. The molecular weight excluding hydrogens is 265 g/mol. The van der Waals surface area contributed by atoms with E-state index in [1.807, 2.05) is 53.0 Å². The Balaban J connectivity index is 2.28. The van der Waals surface area contributed by atoms with Crippen LogP contribution in [0.15, 0.2) is 23.7 Å². The van der Waals surface area contributed by atoms with E-state index in [9.17, 15) is 0 Å². The maximum atomic E-state index is 6.09. The maximum absolute atomic E-state index is 6.09. The molecule has 0 atom stereocenters. The summed E-state index contributed by atoms with van der Waals surface area (Å²) in [5.74, 6) is 0.501. The number of nitrogens with two attached hydrogens (primary N) is 1. The van der Waals surface area contributed by atoms with Crippen molar-refractivity contribution >= 4 is 19.0 Å². The zero-order chi connectivity index (χ0) is 15.7. The van der Waals surface area contributed by atoms with E-state index in [4.69, 9.17) is 15.0 Å². The molecule has 0 unspecified atom stereocenters. The van der Waals surface area contributed by atoms with Crippen LogP contribution in [0.5, 0.6) is 0 Å². The number of nitrogens with one attached hydrogen (secondary N) is 1. The Morgan fingerprint density at radius 3 is 2.43 bits per heavy atom. The fraction of sp³-hybridized carbons (Fsp3) is 0.533. The van der Waals surface area contributed by atoms with E-state index in [2.05, 4.69) is 10.3 Å². The van der Waals surface area contributed by atoms with Gasteiger partial charge in [0.2, 0.25) is 0 Å². The number of anilines is 1. The van der Waals surface area contributed by atoms with Gasteiger partial charge in [0.15, 0.2) is 0 Å². The average molecular weight is 289 g/mol. The number of aromatic nitrogens is 1. The van der Waals surface area contributed by atoms with Crippen LogP contribution in [0.2, 0.25) is 0 Å². The van der Waals surface area contributed by atoms with E-state index in [-0.39, 0.29) is 18.3 Å². The Morgan fingerprint density at radius 2 is 1.90 bits per heavy atom. The van der Waals surface area contributed by atoms with Gasteiger partial charge in [-0.25, -0.2) is 4.98 Å². The molecule has 1 aliphatic heterocycles.